The predicted octanol–water partition coefficient (Wildman–Crippen LogP) is 4.07. The summed E-state index contributed by atoms with van der Waals surface area (Å²) in [6.07, 6.45) is 1.43. The fourth-order valence-corrected chi connectivity index (χ4v) is 2.47. The molecule has 0 fully saturated rings. The summed E-state index contributed by atoms with van der Waals surface area (Å²) in [5.74, 6) is -0.168. The van der Waals surface area contributed by atoms with E-state index in [1.807, 2.05) is 30.3 Å². The summed E-state index contributed by atoms with van der Waals surface area (Å²) in [5.41, 5.74) is 3.50. The molecule has 3 aromatic carbocycles. The lowest BCUT2D eigenvalue weighted by atomic mass is 10.1. The van der Waals surface area contributed by atoms with E-state index in [0.29, 0.717) is 11.1 Å². The molecule has 0 unspecified atom stereocenters. The average Bonchev–Trinajstić information content (AvgIpc) is 2.57. The van der Waals surface area contributed by atoms with Crippen LogP contribution in [0.2, 0.25) is 0 Å². The van der Waals surface area contributed by atoms with Crippen LogP contribution < -0.4 is 5.43 Å². The maximum atomic E-state index is 11.9. The highest BCUT2D eigenvalue weighted by Crippen LogP contribution is 2.27. The van der Waals surface area contributed by atoms with Gasteiger partial charge in [-0.05, 0) is 35.7 Å². The summed E-state index contributed by atoms with van der Waals surface area (Å²) >= 11 is 3.32. The molecule has 0 radical (unpaired) electrons. The third-order valence-corrected chi connectivity index (χ3v) is 3.94. The van der Waals surface area contributed by atoms with E-state index in [1.165, 1.54) is 6.21 Å². The molecular weight excluding hydrogens is 356 g/mol. The van der Waals surface area contributed by atoms with Crippen molar-refractivity contribution in [2.75, 3.05) is 0 Å². The van der Waals surface area contributed by atoms with E-state index in [1.54, 1.807) is 30.3 Å². The molecule has 3 rings (SSSR count). The molecule has 2 N–H and O–H groups in total. The molecule has 0 aliphatic carbocycles. The Morgan fingerprint density at radius 3 is 2.57 bits per heavy atom. The zero-order chi connectivity index (χ0) is 16.2. The van der Waals surface area contributed by atoms with Crippen LogP contribution in [0, 0.1) is 0 Å². The standard InChI is InChI=1S/C18H13BrN2O2/c19-15-9-7-13(8-10-15)18(23)21-20-11-14-6-5-12-3-1-2-4-16(12)17(14)22/h1-11,22H,(H,21,23). The van der Waals surface area contributed by atoms with Crippen molar-refractivity contribution in [3.63, 3.8) is 0 Å². The third kappa shape index (κ3) is 3.40. The van der Waals surface area contributed by atoms with E-state index in [-0.39, 0.29) is 11.7 Å². The number of amides is 1. The molecule has 0 spiro atoms. The molecule has 0 saturated carbocycles. The van der Waals surface area contributed by atoms with Crippen molar-refractivity contribution in [1.29, 1.82) is 0 Å². The molecule has 0 atom stereocenters. The van der Waals surface area contributed by atoms with Crippen LogP contribution in [0.5, 0.6) is 5.75 Å². The molecule has 3 aromatic rings. The number of phenols is 1. The van der Waals surface area contributed by atoms with E-state index in [9.17, 15) is 9.90 Å². The number of hydrogen-bond donors (Lipinski definition) is 2. The van der Waals surface area contributed by atoms with Crippen molar-refractivity contribution in [1.82, 2.24) is 5.43 Å². The molecule has 1 amide bonds. The van der Waals surface area contributed by atoms with Crippen molar-refractivity contribution in [3.05, 3.63) is 76.3 Å². The Balaban J connectivity index is 1.76. The van der Waals surface area contributed by atoms with Crippen LogP contribution in [0.1, 0.15) is 15.9 Å². The second-order valence-corrected chi connectivity index (χ2v) is 5.85. The summed E-state index contributed by atoms with van der Waals surface area (Å²) in [6.45, 7) is 0. The Morgan fingerprint density at radius 1 is 1.04 bits per heavy atom. The molecule has 0 aromatic heterocycles. The third-order valence-electron chi connectivity index (χ3n) is 3.41. The second-order valence-electron chi connectivity index (χ2n) is 4.93. The second kappa shape index (κ2) is 6.62. The number of rotatable bonds is 3. The number of fused-ring (bicyclic) bond motifs is 1. The van der Waals surface area contributed by atoms with Gasteiger partial charge in [0.15, 0.2) is 0 Å². The summed E-state index contributed by atoms with van der Waals surface area (Å²) in [6, 6.07) is 18.1. The first-order chi connectivity index (χ1) is 11.1. The topological polar surface area (TPSA) is 61.7 Å². The number of carbonyl (C=O) groups excluding carboxylic acids is 1. The predicted molar refractivity (Wildman–Crippen MR) is 94.8 cm³/mol. The monoisotopic (exact) mass is 368 g/mol. The largest absolute Gasteiger partial charge is 0.507 e. The highest BCUT2D eigenvalue weighted by molar-refractivity contribution is 9.10. The van der Waals surface area contributed by atoms with E-state index in [4.69, 9.17) is 0 Å². The Bertz CT molecular complexity index is 889. The van der Waals surface area contributed by atoms with Crippen LogP contribution in [0.15, 0.2) is 70.2 Å². The fraction of sp³-hybridized carbons (Fsp3) is 0. The quantitative estimate of drug-likeness (QED) is 0.540. The van der Waals surface area contributed by atoms with E-state index in [2.05, 4.69) is 26.5 Å². The van der Waals surface area contributed by atoms with Crippen LogP contribution >= 0.6 is 15.9 Å². The Hall–Kier alpha value is -2.66. The SMILES string of the molecule is O=C(NN=Cc1ccc2ccccc2c1O)c1ccc(Br)cc1. The van der Waals surface area contributed by atoms with Crippen molar-refractivity contribution in [3.8, 4) is 5.75 Å². The normalized spacial score (nSPS) is 11.0. The molecule has 0 aliphatic rings. The number of benzene rings is 3. The molecule has 0 heterocycles. The summed E-state index contributed by atoms with van der Waals surface area (Å²) < 4.78 is 0.902. The van der Waals surface area contributed by atoms with Gasteiger partial charge in [-0.2, -0.15) is 5.10 Å². The van der Waals surface area contributed by atoms with Gasteiger partial charge in [-0.15, -0.1) is 0 Å². The van der Waals surface area contributed by atoms with Crippen molar-refractivity contribution < 1.29 is 9.90 Å². The number of phenolic OH excluding ortho intramolecular Hbond substituents is 1. The lowest BCUT2D eigenvalue weighted by Crippen LogP contribution is -2.17. The molecule has 5 heteroatoms. The van der Waals surface area contributed by atoms with Gasteiger partial charge in [0.25, 0.3) is 5.91 Å². The zero-order valence-corrected chi connectivity index (χ0v) is 13.6. The van der Waals surface area contributed by atoms with Gasteiger partial charge in [0, 0.05) is 21.0 Å². The Labute approximate surface area is 141 Å². The summed E-state index contributed by atoms with van der Waals surface area (Å²) in [5, 5.41) is 15.9. The maximum absolute atomic E-state index is 11.9. The average molecular weight is 369 g/mol. The fourth-order valence-electron chi connectivity index (χ4n) is 2.20. The van der Waals surface area contributed by atoms with Crippen LogP contribution in [-0.4, -0.2) is 17.2 Å². The minimum absolute atomic E-state index is 0.143. The lowest BCUT2D eigenvalue weighted by molar-refractivity contribution is 0.0955. The highest BCUT2D eigenvalue weighted by atomic mass is 79.9. The van der Waals surface area contributed by atoms with Gasteiger partial charge < -0.3 is 5.11 Å². The number of nitrogens with one attached hydrogen (secondary N) is 1. The van der Waals surface area contributed by atoms with Crippen LogP contribution in [0.4, 0.5) is 0 Å². The van der Waals surface area contributed by atoms with Gasteiger partial charge in [0.05, 0.1) is 6.21 Å². The number of nitrogens with zero attached hydrogens (tertiary/aromatic N) is 1. The molecular formula is C18H13BrN2O2. The van der Waals surface area contributed by atoms with Gasteiger partial charge >= 0.3 is 0 Å². The molecule has 23 heavy (non-hydrogen) atoms. The minimum Gasteiger partial charge on any atom is -0.507 e. The van der Waals surface area contributed by atoms with E-state index >= 15 is 0 Å². The molecule has 0 saturated heterocycles. The lowest BCUT2D eigenvalue weighted by Gasteiger charge is -2.04. The van der Waals surface area contributed by atoms with Gasteiger partial charge in [0.1, 0.15) is 5.75 Å². The maximum Gasteiger partial charge on any atom is 0.271 e. The van der Waals surface area contributed by atoms with Gasteiger partial charge in [-0.3, -0.25) is 4.79 Å². The first kappa shape index (κ1) is 15.2. The molecule has 0 bridgehead atoms. The number of halogens is 1. The summed E-state index contributed by atoms with van der Waals surface area (Å²) in [4.78, 5) is 11.9. The van der Waals surface area contributed by atoms with Crippen molar-refractivity contribution >= 4 is 38.8 Å². The zero-order valence-electron chi connectivity index (χ0n) is 12.0. The van der Waals surface area contributed by atoms with Gasteiger partial charge in [-0.25, -0.2) is 5.43 Å². The first-order valence-corrected chi connectivity index (χ1v) is 7.74. The number of aromatic hydroxyl groups is 1. The van der Waals surface area contributed by atoms with Crippen LogP contribution in [-0.2, 0) is 0 Å². The van der Waals surface area contributed by atoms with Crippen molar-refractivity contribution in [2.24, 2.45) is 5.10 Å². The highest BCUT2D eigenvalue weighted by Gasteiger charge is 2.05. The first-order valence-electron chi connectivity index (χ1n) is 6.95. The van der Waals surface area contributed by atoms with E-state index in [0.717, 1.165) is 15.2 Å². The van der Waals surface area contributed by atoms with Crippen LogP contribution in [0.3, 0.4) is 0 Å². The van der Waals surface area contributed by atoms with Crippen LogP contribution in [0.25, 0.3) is 10.8 Å². The minimum atomic E-state index is -0.311. The smallest absolute Gasteiger partial charge is 0.271 e. The molecule has 114 valence electrons. The number of hydrogen-bond acceptors (Lipinski definition) is 3. The molecule has 4 nitrogen and oxygen atoms in total. The Kier molecular flexibility index (Phi) is 4.39. The molecule has 0 aliphatic heterocycles. The summed E-state index contributed by atoms with van der Waals surface area (Å²) in [7, 11) is 0. The number of carbonyl (C=O) groups is 1. The van der Waals surface area contributed by atoms with Crippen molar-refractivity contribution in [2.45, 2.75) is 0 Å². The number of hydrazone groups is 1. The van der Waals surface area contributed by atoms with Gasteiger partial charge in [0.2, 0.25) is 0 Å². The Morgan fingerprint density at radius 2 is 1.78 bits per heavy atom. The van der Waals surface area contributed by atoms with Gasteiger partial charge in [-0.1, -0.05) is 46.3 Å². The van der Waals surface area contributed by atoms with E-state index < -0.39 is 0 Å².